The number of carbonyl (C=O) groups is 3. The number of carbonyl (C=O) groups excluding carboxylic acids is 3. The third-order valence-electron chi connectivity index (χ3n) is 6.75. The van der Waals surface area contributed by atoms with Crippen LogP contribution in [0.15, 0.2) is 35.5 Å². The highest BCUT2D eigenvalue weighted by Crippen LogP contribution is 2.28. The summed E-state index contributed by atoms with van der Waals surface area (Å²) in [6.07, 6.45) is 7.75. The van der Waals surface area contributed by atoms with E-state index in [0.717, 1.165) is 54.2 Å². The Hall–Kier alpha value is -3.21. The van der Waals surface area contributed by atoms with Crippen LogP contribution >= 0.6 is 35.3 Å². The number of esters is 1. The molecule has 9 nitrogen and oxygen atoms in total. The largest absolute Gasteiger partial charge is 0.465 e. The van der Waals surface area contributed by atoms with Gasteiger partial charge in [-0.3, -0.25) is 14.6 Å². The number of amides is 3. The normalized spacial score (nSPS) is 14.2. The number of hydrogen-bond acceptors (Lipinski definition) is 7. The summed E-state index contributed by atoms with van der Waals surface area (Å²) in [4.78, 5) is 50.9. The Morgan fingerprint density at radius 1 is 1.12 bits per heavy atom. The van der Waals surface area contributed by atoms with Crippen LogP contribution in [0.5, 0.6) is 0 Å². The highest BCUT2D eigenvalue weighted by atomic mass is 35.5. The first kappa shape index (κ1) is 32.3. The van der Waals surface area contributed by atoms with Gasteiger partial charge in [0.2, 0.25) is 0 Å². The van der Waals surface area contributed by atoms with E-state index in [0.29, 0.717) is 35.1 Å². The number of aryl methyl sites for hydroxylation is 2. The van der Waals surface area contributed by atoms with Crippen LogP contribution in [-0.4, -0.2) is 55.9 Å². The number of rotatable bonds is 12. The number of nitrogens with zero attached hydrogens (tertiary/aromatic N) is 5. The van der Waals surface area contributed by atoms with E-state index in [2.05, 4.69) is 16.9 Å². The minimum absolute atomic E-state index is 0. The van der Waals surface area contributed by atoms with Gasteiger partial charge in [-0.15, -0.1) is 23.7 Å². The van der Waals surface area contributed by atoms with Crippen LogP contribution in [-0.2, 0) is 29.0 Å². The van der Waals surface area contributed by atoms with Gasteiger partial charge in [-0.25, -0.2) is 19.6 Å². The van der Waals surface area contributed by atoms with Crippen LogP contribution in [0.1, 0.15) is 77.7 Å². The van der Waals surface area contributed by atoms with Crippen molar-refractivity contribution in [2.75, 3.05) is 13.7 Å². The number of imidazole rings is 1. The van der Waals surface area contributed by atoms with Crippen LogP contribution in [0.25, 0.3) is 6.08 Å². The van der Waals surface area contributed by atoms with Crippen molar-refractivity contribution in [1.29, 1.82) is 0 Å². The monoisotopic (exact) mass is 619 g/mol. The number of benzene rings is 1. The van der Waals surface area contributed by atoms with Crippen molar-refractivity contribution in [2.45, 2.75) is 66.0 Å². The second kappa shape index (κ2) is 14.6. The lowest BCUT2D eigenvalue weighted by atomic mass is 10.1. The molecular weight excluding hydrogens is 585 g/mol. The van der Waals surface area contributed by atoms with Gasteiger partial charge in [-0.2, -0.15) is 0 Å². The predicted octanol–water partition coefficient (Wildman–Crippen LogP) is 6.51. The lowest BCUT2D eigenvalue weighted by Crippen LogP contribution is -2.33. The Morgan fingerprint density at radius 2 is 1.88 bits per heavy atom. The van der Waals surface area contributed by atoms with Crippen LogP contribution in [0.2, 0.25) is 5.02 Å². The number of unbranched alkanes of at least 4 members (excludes halogenated alkanes) is 2. The molecule has 0 unspecified atom stereocenters. The molecule has 2 aromatic heterocycles. The molecule has 220 valence electrons. The fourth-order valence-electron chi connectivity index (χ4n) is 4.53. The smallest absolute Gasteiger partial charge is 0.337 e. The summed E-state index contributed by atoms with van der Waals surface area (Å²) < 4.78 is 6.82. The van der Waals surface area contributed by atoms with Crippen molar-refractivity contribution < 1.29 is 19.1 Å². The molecule has 0 bridgehead atoms. The molecule has 0 saturated carbocycles. The first-order chi connectivity index (χ1) is 19.3. The molecule has 3 heterocycles. The molecular formula is C29H35Cl2N5O4S. The molecule has 1 saturated heterocycles. The van der Waals surface area contributed by atoms with Crippen molar-refractivity contribution in [2.24, 2.45) is 0 Å². The highest BCUT2D eigenvalue weighted by Gasteiger charge is 2.41. The van der Waals surface area contributed by atoms with E-state index < -0.39 is 5.97 Å². The van der Waals surface area contributed by atoms with Gasteiger partial charge in [0.05, 0.1) is 48.4 Å². The topological polar surface area (TPSA) is 97.6 Å². The van der Waals surface area contributed by atoms with E-state index in [1.54, 1.807) is 30.5 Å². The number of urea groups is 1. The van der Waals surface area contributed by atoms with Gasteiger partial charge in [0, 0.05) is 23.4 Å². The maximum absolute atomic E-state index is 13.5. The fourth-order valence-corrected chi connectivity index (χ4v) is 5.37. The highest BCUT2D eigenvalue weighted by molar-refractivity contribution is 7.09. The van der Waals surface area contributed by atoms with E-state index in [1.807, 2.05) is 23.8 Å². The van der Waals surface area contributed by atoms with Gasteiger partial charge in [0.25, 0.3) is 5.91 Å². The third kappa shape index (κ3) is 7.36. The molecule has 41 heavy (non-hydrogen) atoms. The summed E-state index contributed by atoms with van der Waals surface area (Å²) in [5, 5.41) is 3.23. The predicted molar refractivity (Wildman–Crippen MR) is 162 cm³/mol. The van der Waals surface area contributed by atoms with E-state index in [9.17, 15) is 14.4 Å². The molecule has 1 aromatic carbocycles. The second-order valence-corrected chi connectivity index (χ2v) is 11.1. The SMILES string of the molecule is CCCCc1ncc(/C=C2/C(=O)N(CCCC)C(=O)N2Cc2csc(C)n2)n1Cc1ccc(C(=O)OC)cc1Cl.Cl. The minimum atomic E-state index is -0.461. The molecule has 1 aliphatic rings. The maximum Gasteiger partial charge on any atom is 0.337 e. The van der Waals surface area contributed by atoms with E-state index >= 15 is 0 Å². The summed E-state index contributed by atoms with van der Waals surface area (Å²) in [5.74, 6) is 0.0643. The van der Waals surface area contributed by atoms with Gasteiger partial charge in [0.15, 0.2) is 0 Å². The van der Waals surface area contributed by atoms with Gasteiger partial charge in [0.1, 0.15) is 11.5 Å². The van der Waals surface area contributed by atoms with Crippen molar-refractivity contribution in [1.82, 2.24) is 24.3 Å². The summed E-state index contributed by atoms with van der Waals surface area (Å²) in [5.41, 5.74) is 2.87. The van der Waals surface area contributed by atoms with Gasteiger partial charge in [-0.1, -0.05) is 44.4 Å². The quantitative estimate of drug-likeness (QED) is 0.130. The minimum Gasteiger partial charge on any atom is -0.465 e. The Labute approximate surface area is 255 Å². The molecule has 1 aliphatic heterocycles. The Kier molecular flexibility index (Phi) is 11.5. The summed E-state index contributed by atoms with van der Waals surface area (Å²) in [6, 6.07) is 4.72. The molecule has 0 radical (unpaired) electrons. The van der Waals surface area contributed by atoms with Crippen LogP contribution < -0.4 is 0 Å². The zero-order valence-electron chi connectivity index (χ0n) is 23.7. The fraction of sp³-hybridized carbons (Fsp3) is 0.414. The number of methoxy groups -OCH3 is 1. The average molecular weight is 621 g/mol. The Morgan fingerprint density at radius 3 is 2.51 bits per heavy atom. The van der Waals surface area contributed by atoms with E-state index in [4.69, 9.17) is 16.3 Å². The zero-order chi connectivity index (χ0) is 28.8. The van der Waals surface area contributed by atoms with Crippen LogP contribution in [0.4, 0.5) is 4.79 Å². The van der Waals surface area contributed by atoms with Crippen molar-refractivity contribution in [3.05, 3.63) is 73.8 Å². The number of aromatic nitrogens is 3. The molecule has 0 aliphatic carbocycles. The Bertz CT molecular complexity index is 1430. The Balaban J connectivity index is 0.00000462. The number of imide groups is 1. The van der Waals surface area contributed by atoms with Gasteiger partial charge in [-0.05, 0) is 43.5 Å². The summed E-state index contributed by atoms with van der Waals surface area (Å²) in [6.45, 7) is 7.00. The first-order valence-corrected chi connectivity index (χ1v) is 14.7. The first-order valence-electron chi connectivity index (χ1n) is 13.4. The molecule has 0 spiro atoms. The van der Waals surface area contributed by atoms with Crippen molar-refractivity contribution in [3.8, 4) is 0 Å². The molecule has 0 atom stereocenters. The number of hydrogen-bond donors (Lipinski definition) is 0. The van der Waals surface area contributed by atoms with E-state index in [-0.39, 0.29) is 30.9 Å². The number of thiazole rings is 1. The second-order valence-electron chi connectivity index (χ2n) is 9.65. The standard InChI is InChI=1S/C29H34ClN5O4S.ClH/c1-5-7-9-26-31-15-23(34(26)16-21-11-10-20(13-24(21)30)28(37)39-4)14-25-27(36)33(12-8-6-2)29(38)35(25)17-22-18-40-19(3)32-22;/h10-11,13-15,18H,5-9,12,16-17H2,1-4H3;1H/b25-14-;. The number of halogens is 2. The molecule has 1 fully saturated rings. The van der Waals surface area contributed by atoms with Crippen molar-refractivity contribution >= 4 is 59.3 Å². The molecule has 0 N–H and O–H groups in total. The van der Waals surface area contributed by atoms with Crippen LogP contribution in [0.3, 0.4) is 0 Å². The zero-order valence-corrected chi connectivity index (χ0v) is 26.1. The lowest BCUT2D eigenvalue weighted by molar-refractivity contribution is -0.123. The van der Waals surface area contributed by atoms with Crippen molar-refractivity contribution in [3.63, 3.8) is 0 Å². The van der Waals surface area contributed by atoms with Crippen LogP contribution in [0, 0.1) is 6.92 Å². The molecule has 3 amide bonds. The summed E-state index contributed by atoms with van der Waals surface area (Å²) in [7, 11) is 1.33. The third-order valence-corrected chi connectivity index (χ3v) is 7.92. The van der Waals surface area contributed by atoms with Gasteiger partial charge < -0.3 is 9.30 Å². The molecule has 4 rings (SSSR count). The molecule has 3 aromatic rings. The average Bonchev–Trinajstić information content (AvgIpc) is 3.59. The van der Waals surface area contributed by atoms with E-state index in [1.165, 1.54) is 28.2 Å². The maximum atomic E-state index is 13.5. The number of ether oxygens (including phenoxy) is 1. The van der Waals surface area contributed by atoms with Gasteiger partial charge >= 0.3 is 12.0 Å². The molecule has 12 heteroatoms. The summed E-state index contributed by atoms with van der Waals surface area (Å²) >= 11 is 8.08. The lowest BCUT2D eigenvalue weighted by Gasteiger charge is -2.16.